The summed E-state index contributed by atoms with van der Waals surface area (Å²) in [5.41, 5.74) is 0.765. The minimum absolute atomic E-state index is 0.103. The van der Waals surface area contributed by atoms with Gasteiger partial charge in [0.05, 0.1) is 6.26 Å². The highest BCUT2D eigenvalue weighted by molar-refractivity contribution is 5.69. The summed E-state index contributed by atoms with van der Waals surface area (Å²) in [6.07, 6.45) is 34.2. The molecule has 1 aromatic rings. The van der Waals surface area contributed by atoms with E-state index in [4.69, 9.17) is 9.15 Å². The molecule has 0 saturated heterocycles. The molecule has 3 fully saturated rings. The fourth-order valence-corrected chi connectivity index (χ4v) is 9.66. The maximum Gasteiger partial charge on any atom is 0.305 e. The van der Waals surface area contributed by atoms with Crippen molar-refractivity contribution in [1.29, 1.82) is 0 Å². The Bertz CT molecular complexity index is 1070. The first-order valence-electron chi connectivity index (χ1n) is 17.7. The molecule has 4 nitrogen and oxygen atoms in total. The lowest BCUT2D eigenvalue weighted by molar-refractivity contribution is -0.154. The lowest BCUT2D eigenvalue weighted by Crippen LogP contribution is -2.49. The SMILES string of the molecule is CCCCCCCC/C=C\CCCCCCCC(=O)OC[C@]1(O)C[C@@]23CC[C@H]4c5ccoc5C=C[C@]4(C)C2CC[C@H]1C3. The number of hydrogen-bond donors (Lipinski definition) is 1. The van der Waals surface area contributed by atoms with Gasteiger partial charge in [-0.2, -0.15) is 0 Å². The smallest absolute Gasteiger partial charge is 0.305 e. The highest BCUT2D eigenvalue weighted by Gasteiger charge is 2.65. The molecule has 1 aromatic heterocycles. The predicted molar refractivity (Wildman–Crippen MR) is 171 cm³/mol. The number of ether oxygens (including phenoxy) is 1. The van der Waals surface area contributed by atoms with Gasteiger partial charge in [-0.25, -0.2) is 0 Å². The highest BCUT2D eigenvalue weighted by Crippen LogP contribution is 2.71. The number of hydrogen-bond acceptors (Lipinski definition) is 4. The van der Waals surface area contributed by atoms with Crippen LogP contribution in [0.15, 0.2) is 35.0 Å². The number of aliphatic hydroxyl groups is 1. The first-order chi connectivity index (χ1) is 20.4. The fraction of sp³-hybridized carbons (Fsp3) is 0.763. The van der Waals surface area contributed by atoms with Crippen LogP contribution in [0.2, 0.25) is 0 Å². The fourth-order valence-electron chi connectivity index (χ4n) is 9.66. The molecule has 3 saturated carbocycles. The van der Waals surface area contributed by atoms with Gasteiger partial charge in [-0.3, -0.25) is 4.79 Å². The zero-order valence-corrected chi connectivity index (χ0v) is 26.7. The van der Waals surface area contributed by atoms with E-state index in [1.165, 1.54) is 76.2 Å². The van der Waals surface area contributed by atoms with E-state index < -0.39 is 5.60 Å². The van der Waals surface area contributed by atoms with Gasteiger partial charge >= 0.3 is 5.97 Å². The summed E-state index contributed by atoms with van der Waals surface area (Å²) in [7, 11) is 0. The molecule has 4 aliphatic rings. The molecule has 1 N–H and O–H groups in total. The lowest BCUT2D eigenvalue weighted by atomic mass is 9.46. The number of rotatable bonds is 17. The Morgan fingerprint density at radius 2 is 1.71 bits per heavy atom. The summed E-state index contributed by atoms with van der Waals surface area (Å²) in [5, 5.41) is 11.8. The molecule has 0 aliphatic heterocycles. The average Bonchev–Trinajstić information content (AvgIpc) is 3.54. The molecule has 4 heteroatoms. The number of carbonyl (C=O) groups is 1. The van der Waals surface area contributed by atoms with Gasteiger partial charge in [-0.05, 0) is 111 Å². The molecule has 1 unspecified atom stereocenters. The lowest BCUT2D eigenvalue weighted by Gasteiger charge is -2.58. The van der Waals surface area contributed by atoms with Crippen LogP contribution in [0.1, 0.15) is 160 Å². The summed E-state index contributed by atoms with van der Waals surface area (Å²) in [4.78, 5) is 12.6. The third kappa shape index (κ3) is 6.95. The Morgan fingerprint density at radius 3 is 2.48 bits per heavy atom. The quantitative estimate of drug-likeness (QED) is 0.113. The van der Waals surface area contributed by atoms with Crippen LogP contribution in [0, 0.1) is 22.7 Å². The minimum Gasteiger partial charge on any atom is -0.465 e. The summed E-state index contributed by atoms with van der Waals surface area (Å²) in [6, 6.07) is 2.17. The third-order valence-electron chi connectivity index (χ3n) is 11.9. The molecule has 5 rings (SSSR count). The van der Waals surface area contributed by atoms with Crippen LogP contribution in [-0.4, -0.2) is 23.3 Å². The van der Waals surface area contributed by atoms with Crippen molar-refractivity contribution >= 4 is 12.0 Å². The van der Waals surface area contributed by atoms with Crippen molar-refractivity contribution in [2.75, 3.05) is 6.61 Å². The number of esters is 1. The van der Waals surface area contributed by atoms with E-state index in [-0.39, 0.29) is 29.3 Å². The van der Waals surface area contributed by atoms with E-state index in [1.807, 2.05) is 6.26 Å². The van der Waals surface area contributed by atoms with E-state index in [0.29, 0.717) is 18.3 Å². The van der Waals surface area contributed by atoms with Gasteiger partial charge in [-0.1, -0.05) is 83.4 Å². The molecule has 4 aliphatic carbocycles. The largest absolute Gasteiger partial charge is 0.465 e. The monoisotopic (exact) mass is 578 g/mol. The Kier molecular flexibility index (Phi) is 10.8. The Morgan fingerprint density at radius 1 is 1.00 bits per heavy atom. The van der Waals surface area contributed by atoms with Crippen LogP contribution < -0.4 is 0 Å². The molecule has 1 heterocycles. The molecule has 234 valence electrons. The summed E-state index contributed by atoms with van der Waals surface area (Å²) in [6.45, 7) is 4.90. The second kappa shape index (κ2) is 14.3. The Balaban J connectivity index is 0.966. The van der Waals surface area contributed by atoms with Crippen LogP contribution >= 0.6 is 0 Å². The standard InChI is InChI=1S/C38H58O4/c1-3-4-5-6-7-8-9-10-11-12-13-14-15-16-17-18-35(39)42-29-38(40)28-37-25-21-32-31-23-26-41-33(31)22-24-36(32,2)34(37)20-19-30(38)27-37/h10-11,22-24,26,30,32,34,40H,3-9,12-21,25,27-29H2,1-2H3/b11-10-/t30-,32-,34?,36-,37-,38+/m0/s1. The van der Waals surface area contributed by atoms with E-state index in [0.717, 1.165) is 57.1 Å². The van der Waals surface area contributed by atoms with Crippen molar-refractivity contribution in [2.24, 2.45) is 22.7 Å². The zero-order valence-electron chi connectivity index (χ0n) is 26.7. The number of carbonyl (C=O) groups excluding carboxylic acids is 1. The first kappa shape index (κ1) is 31.6. The number of fused-ring (bicyclic) bond motifs is 5. The highest BCUT2D eigenvalue weighted by atomic mass is 16.5. The molecular weight excluding hydrogens is 520 g/mol. The Labute approximate surface area is 255 Å². The molecule has 6 atom stereocenters. The maximum atomic E-state index is 12.6. The van der Waals surface area contributed by atoms with Crippen molar-refractivity contribution in [3.05, 3.63) is 41.9 Å². The average molecular weight is 579 g/mol. The van der Waals surface area contributed by atoms with Crippen LogP contribution in [0.5, 0.6) is 0 Å². The van der Waals surface area contributed by atoms with Crippen molar-refractivity contribution in [3.8, 4) is 0 Å². The van der Waals surface area contributed by atoms with E-state index >= 15 is 0 Å². The van der Waals surface area contributed by atoms with Gasteiger partial charge in [0.15, 0.2) is 0 Å². The second-order valence-corrected chi connectivity index (χ2v) is 14.7. The van der Waals surface area contributed by atoms with Crippen LogP contribution in [-0.2, 0) is 9.53 Å². The van der Waals surface area contributed by atoms with Gasteiger partial charge < -0.3 is 14.3 Å². The number of allylic oxidation sites excluding steroid dienone is 3. The summed E-state index contributed by atoms with van der Waals surface area (Å²) < 4.78 is 11.5. The molecule has 0 aromatic carbocycles. The normalized spacial score (nSPS) is 33.0. The molecule has 2 bridgehead atoms. The Hall–Kier alpha value is -1.81. The maximum absolute atomic E-state index is 12.6. The van der Waals surface area contributed by atoms with Crippen LogP contribution in [0.3, 0.4) is 0 Å². The second-order valence-electron chi connectivity index (χ2n) is 14.7. The third-order valence-corrected chi connectivity index (χ3v) is 11.9. The topological polar surface area (TPSA) is 59.7 Å². The van der Waals surface area contributed by atoms with Crippen molar-refractivity contribution in [2.45, 2.75) is 154 Å². The minimum atomic E-state index is -0.866. The predicted octanol–water partition coefficient (Wildman–Crippen LogP) is 10.3. The van der Waals surface area contributed by atoms with Gasteiger partial charge in [0.2, 0.25) is 0 Å². The van der Waals surface area contributed by atoms with Crippen LogP contribution in [0.4, 0.5) is 0 Å². The number of furan rings is 1. The van der Waals surface area contributed by atoms with Crippen molar-refractivity contribution in [1.82, 2.24) is 0 Å². The summed E-state index contributed by atoms with van der Waals surface area (Å²) in [5.74, 6) is 2.21. The summed E-state index contributed by atoms with van der Waals surface area (Å²) >= 11 is 0. The molecule has 0 radical (unpaired) electrons. The molecule has 0 amide bonds. The van der Waals surface area contributed by atoms with Gasteiger partial charge in [0.1, 0.15) is 18.0 Å². The van der Waals surface area contributed by atoms with E-state index in [1.54, 1.807) is 0 Å². The zero-order chi connectivity index (χ0) is 29.5. The van der Waals surface area contributed by atoms with Crippen molar-refractivity contribution < 1.29 is 19.1 Å². The molecule has 1 spiro atoms. The number of unbranched alkanes of at least 4 members (excludes halogenated alkanes) is 11. The van der Waals surface area contributed by atoms with Gasteiger partial charge in [-0.15, -0.1) is 0 Å². The van der Waals surface area contributed by atoms with Crippen molar-refractivity contribution in [3.63, 3.8) is 0 Å². The van der Waals surface area contributed by atoms with Crippen LogP contribution in [0.25, 0.3) is 6.08 Å². The molecule has 42 heavy (non-hydrogen) atoms. The van der Waals surface area contributed by atoms with E-state index in [9.17, 15) is 9.90 Å². The molecular formula is C38H58O4. The van der Waals surface area contributed by atoms with Gasteiger partial charge in [0.25, 0.3) is 0 Å². The van der Waals surface area contributed by atoms with E-state index in [2.05, 4.69) is 44.2 Å². The first-order valence-corrected chi connectivity index (χ1v) is 17.7. The van der Waals surface area contributed by atoms with Gasteiger partial charge in [0, 0.05) is 12.0 Å².